The highest BCUT2D eigenvalue weighted by Crippen LogP contribution is 2.31. The van der Waals surface area contributed by atoms with Gasteiger partial charge < -0.3 is 9.47 Å². The van der Waals surface area contributed by atoms with Crippen molar-refractivity contribution in [2.75, 3.05) is 11.5 Å². The largest absolute Gasteiger partial charge is 0.457 e. The van der Waals surface area contributed by atoms with Gasteiger partial charge in [-0.3, -0.25) is 14.4 Å². The number of carbonyl (C=O) groups is 4. The third kappa shape index (κ3) is 4.79. The Labute approximate surface area is 216 Å². The number of nitrogens with zero attached hydrogens (tertiary/aromatic N) is 1. The van der Waals surface area contributed by atoms with E-state index >= 15 is 0 Å². The molecule has 0 saturated heterocycles. The molecule has 0 atom stereocenters. The van der Waals surface area contributed by atoms with E-state index in [4.69, 9.17) is 9.47 Å². The lowest BCUT2D eigenvalue weighted by Gasteiger charge is -2.15. The van der Waals surface area contributed by atoms with Crippen molar-refractivity contribution >= 4 is 40.6 Å². The van der Waals surface area contributed by atoms with Gasteiger partial charge in [0.25, 0.3) is 11.8 Å². The zero-order valence-corrected chi connectivity index (χ0v) is 20.8. The van der Waals surface area contributed by atoms with Crippen LogP contribution in [0.1, 0.15) is 51.9 Å². The Balaban J connectivity index is 1.29. The minimum Gasteiger partial charge on any atom is -0.457 e. The molecule has 184 valence electrons. The monoisotopic (exact) mass is 511 g/mol. The molecule has 0 radical (unpaired) electrons. The molecule has 0 aliphatic carbocycles. The molecule has 1 aliphatic rings. The predicted octanol–water partition coefficient (Wildman–Crippen LogP) is 6.00. The normalized spacial score (nSPS) is 12.4. The SMILES string of the molecule is Cc1ccc(Oc2ccc(N3C(=O)c4ccc(C(=O)OCC(=O)c5cccs5)cc4C3=O)cc2)cc1C. The summed E-state index contributed by atoms with van der Waals surface area (Å²) in [6, 6.07) is 20.0. The molecule has 37 heavy (non-hydrogen) atoms. The van der Waals surface area contributed by atoms with Crippen LogP contribution in [0.2, 0.25) is 0 Å². The summed E-state index contributed by atoms with van der Waals surface area (Å²) >= 11 is 1.26. The highest BCUT2D eigenvalue weighted by atomic mass is 32.1. The molecule has 7 nitrogen and oxygen atoms in total. The molecule has 0 N–H and O–H groups in total. The average molecular weight is 512 g/mol. The third-order valence-corrected chi connectivity index (χ3v) is 6.97. The number of imide groups is 1. The standard InChI is InChI=1S/C29H21NO6S/c1-17-5-9-22(14-18(17)2)36-21-10-7-20(8-11-21)30-27(32)23-12-6-19(15-24(23)28(30)33)29(34)35-16-25(31)26-4-3-13-37-26/h3-15H,16H2,1-2H3. The number of hydrogen-bond donors (Lipinski definition) is 0. The summed E-state index contributed by atoms with van der Waals surface area (Å²) < 4.78 is 11.0. The molecule has 2 amide bonds. The number of anilines is 1. The lowest BCUT2D eigenvalue weighted by molar-refractivity contribution is 0.0475. The van der Waals surface area contributed by atoms with E-state index in [0.717, 1.165) is 16.0 Å². The van der Waals surface area contributed by atoms with Crippen molar-refractivity contribution in [3.8, 4) is 11.5 Å². The van der Waals surface area contributed by atoms with E-state index in [9.17, 15) is 19.2 Å². The summed E-state index contributed by atoms with van der Waals surface area (Å²) in [6.07, 6.45) is 0. The molecule has 0 unspecified atom stereocenters. The van der Waals surface area contributed by atoms with Crippen LogP contribution in [0.25, 0.3) is 0 Å². The topological polar surface area (TPSA) is 90.0 Å². The Morgan fingerprint density at radius 3 is 2.24 bits per heavy atom. The van der Waals surface area contributed by atoms with Crippen LogP contribution in [0.4, 0.5) is 5.69 Å². The van der Waals surface area contributed by atoms with Crippen molar-refractivity contribution in [1.29, 1.82) is 0 Å². The van der Waals surface area contributed by atoms with E-state index < -0.39 is 24.4 Å². The Kier molecular flexibility index (Phi) is 6.42. The second-order valence-corrected chi connectivity index (χ2v) is 9.47. The Bertz CT molecular complexity index is 1540. The van der Waals surface area contributed by atoms with Crippen molar-refractivity contribution in [2.45, 2.75) is 13.8 Å². The Morgan fingerprint density at radius 2 is 1.54 bits per heavy atom. The first kappa shape index (κ1) is 24.1. The van der Waals surface area contributed by atoms with E-state index in [0.29, 0.717) is 22.1 Å². The number of ether oxygens (including phenoxy) is 2. The summed E-state index contributed by atoms with van der Waals surface area (Å²) in [4.78, 5) is 52.2. The van der Waals surface area contributed by atoms with Gasteiger partial charge in [-0.25, -0.2) is 9.69 Å². The molecular weight excluding hydrogens is 490 g/mol. The molecule has 2 heterocycles. The molecule has 1 aliphatic heterocycles. The van der Waals surface area contributed by atoms with Crippen LogP contribution in [0.15, 0.2) is 78.2 Å². The first-order chi connectivity index (χ1) is 17.8. The van der Waals surface area contributed by atoms with Gasteiger partial charge in [-0.2, -0.15) is 0 Å². The number of carbonyl (C=O) groups excluding carboxylic acids is 4. The van der Waals surface area contributed by atoms with Crippen molar-refractivity contribution in [3.63, 3.8) is 0 Å². The minimum absolute atomic E-state index is 0.0814. The maximum absolute atomic E-state index is 13.1. The number of aryl methyl sites for hydroxylation is 2. The number of benzene rings is 3. The highest BCUT2D eigenvalue weighted by Gasteiger charge is 2.37. The maximum atomic E-state index is 13.1. The van der Waals surface area contributed by atoms with Crippen molar-refractivity contribution < 1.29 is 28.7 Å². The second kappa shape index (κ2) is 9.83. The number of ketones is 1. The van der Waals surface area contributed by atoms with Gasteiger partial charge in [-0.15, -0.1) is 11.3 Å². The summed E-state index contributed by atoms with van der Waals surface area (Å²) in [5, 5.41) is 1.76. The van der Waals surface area contributed by atoms with Crippen molar-refractivity contribution in [2.24, 2.45) is 0 Å². The van der Waals surface area contributed by atoms with Gasteiger partial charge in [-0.1, -0.05) is 12.1 Å². The van der Waals surface area contributed by atoms with Crippen LogP contribution in [0.3, 0.4) is 0 Å². The summed E-state index contributed by atoms with van der Waals surface area (Å²) in [6.45, 7) is 3.62. The van der Waals surface area contributed by atoms with E-state index in [-0.39, 0.29) is 22.5 Å². The first-order valence-electron chi connectivity index (χ1n) is 11.4. The van der Waals surface area contributed by atoms with Gasteiger partial charge in [0, 0.05) is 0 Å². The Hall–Kier alpha value is -4.56. The fourth-order valence-corrected chi connectivity index (χ4v) is 4.55. The van der Waals surface area contributed by atoms with Gasteiger partial charge in [0.2, 0.25) is 5.78 Å². The molecule has 0 fully saturated rings. The highest BCUT2D eigenvalue weighted by molar-refractivity contribution is 7.12. The van der Waals surface area contributed by atoms with E-state index in [1.54, 1.807) is 41.8 Å². The quantitative estimate of drug-likeness (QED) is 0.172. The number of Topliss-reactive ketones (excluding diaryl/α,β-unsaturated/α-hetero) is 1. The fraction of sp³-hybridized carbons (Fsp3) is 0.103. The van der Waals surface area contributed by atoms with Crippen LogP contribution in [-0.2, 0) is 4.74 Å². The molecular formula is C29H21NO6S. The molecule has 5 rings (SSSR count). The molecule has 0 saturated carbocycles. The second-order valence-electron chi connectivity index (χ2n) is 8.52. The molecule has 1 aromatic heterocycles. The zero-order chi connectivity index (χ0) is 26.1. The zero-order valence-electron chi connectivity index (χ0n) is 20.0. The fourth-order valence-electron chi connectivity index (χ4n) is 3.90. The lowest BCUT2D eigenvalue weighted by Crippen LogP contribution is -2.29. The number of hydrogen-bond acceptors (Lipinski definition) is 7. The predicted molar refractivity (Wildman–Crippen MR) is 139 cm³/mol. The third-order valence-electron chi connectivity index (χ3n) is 6.06. The number of thiophene rings is 1. The summed E-state index contributed by atoms with van der Waals surface area (Å²) in [5.41, 5.74) is 3.02. The van der Waals surface area contributed by atoms with E-state index in [1.807, 2.05) is 32.0 Å². The summed E-state index contributed by atoms with van der Waals surface area (Å²) in [5.74, 6) is -0.854. The Morgan fingerprint density at radius 1 is 0.811 bits per heavy atom. The van der Waals surface area contributed by atoms with Gasteiger partial charge in [0.15, 0.2) is 6.61 Å². The van der Waals surface area contributed by atoms with Gasteiger partial charge in [0.1, 0.15) is 11.5 Å². The smallest absolute Gasteiger partial charge is 0.338 e. The minimum atomic E-state index is -0.751. The van der Waals surface area contributed by atoms with Crippen molar-refractivity contribution in [1.82, 2.24) is 0 Å². The number of amides is 2. The van der Waals surface area contributed by atoms with Crippen LogP contribution < -0.4 is 9.64 Å². The molecule has 4 aromatic rings. The number of rotatable bonds is 7. The number of esters is 1. The summed E-state index contributed by atoms with van der Waals surface area (Å²) in [7, 11) is 0. The van der Waals surface area contributed by atoms with Crippen LogP contribution in [0, 0.1) is 13.8 Å². The van der Waals surface area contributed by atoms with Crippen LogP contribution in [-0.4, -0.2) is 30.2 Å². The van der Waals surface area contributed by atoms with Gasteiger partial charge >= 0.3 is 5.97 Å². The molecule has 8 heteroatoms. The molecule has 0 spiro atoms. The first-order valence-corrected chi connectivity index (χ1v) is 12.3. The van der Waals surface area contributed by atoms with Crippen LogP contribution in [0.5, 0.6) is 11.5 Å². The van der Waals surface area contributed by atoms with Crippen molar-refractivity contribution in [3.05, 3.63) is 111 Å². The van der Waals surface area contributed by atoms with Gasteiger partial charge in [0.05, 0.1) is 27.3 Å². The number of fused-ring (bicyclic) bond motifs is 1. The van der Waals surface area contributed by atoms with E-state index in [2.05, 4.69) is 0 Å². The van der Waals surface area contributed by atoms with Gasteiger partial charge in [-0.05, 0) is 91.0 Å². The molecule has 0 bridgehead atoms. The molecule has 3 aromatic carbocycles. The average Bonchev–Trinajstić information content (AvgIpc) is 3.52. The van der Waals surface area contributed by atoms with Crippen LogP contribution >= 0.6 is 11.3 Å². The maximum Gasteiger partial charge on any atom is 0.338 e. The van der Waals surface area contributed by atoms with E-state index in [1.165, 1.54) is 29.5 Å². The lowest BCUT2D eigenvalue weighted by atomic mass is 10.1.